The molecule has 26 heavy (non-hydrogen) atoms. The second-order valence-corrected chi connectivity index (χ2v) is 6.60. The van der Waals surface area contributed by atoms with E-state index in [1.54, 1.807) is 11.3 Å². The summed E-state index contributed by atoms with van der Waals surface area (Å²) in [5, 5.41) is 17.2. The van der Waals surface area contributed by atoms with E-state index in [0.717, 1.165) is 16.0 Å². The number of nitrogens with one attached hydrogen (secondary N) is 1. The van der Waals surface area contributed by atoms with Gasteiger partial charge in [-0.3, -0.25) is 10.1 Å². The molecule has 2 aromatic heterocycles. The molecule has 0 bridgehead atoms. The molecular weight excluding hydrogens is 352 g/mol. The minimum absolute atomic E-state index is 0.0367. The zero-order chi connectivity index (χ0) is 18.4. The van der Waals surface area contributed by atoms with Gasteiger partial charge in [0.2, 0.25) is 0 Å². The zero-order valence-electron chi connectivity index (χ0n) is 14.3. The maximum Gasteiger partial charge on any atom is 0.327 e. The van der Waals surface area contributed by atoms with Crippen molar-refractivity contribution in [1.82, 2.24) is 25.5 Å². The number of benzene rings is 1. The minimum Gasteiger partial charge on any atom is -0.468 e. The van der Waals surface area contributed by atoms with Gasteiger partial charge in [-0.1, -0.05) is 30.3 Å². The molecule has 3 rings (SSSR count). The fourth-order valence-electron chi connectivity index (χ4n) is 2.58. The molecule has 3 aromatic rings. The van der Waals surface area contributed by atoms with Gasteiger partial charge in [0.15, 0.2) is 5.82 Å². The summed E-state index contributed by atoms with van der Waals surface area (Å²) in [6, 6.07) is 11.8. The zero-order valence-corrected chi connectivity index (χ0v) is 15.1. The van der Waals surface area contributed by atoms with Gasteiger partial charge in [0.25, 0.3) is 0 Å². The number of methoxy groups -OCH3 is 1. The normalized spacial score (nSPS) is 12.1. The van der Waals surface area contributed by atoms with Crippen LogP contribution in [0.1, 0.15) is 27.9 Å². The average molecular weight is 372 g/mol. The van der Waals surface area contributed by atoms with Crippen LogP contribution in [-0.4, -0.2) is 33.3 Å². The van der Waals surface area contributed by atoms with Gasteiger partial charge in [0, 0.05) is 18.0 Å². The van der Waals surface area contributed by atoms with Gasteiger partial charge in [-0.15, -0.1) is 16.4 Å². The van der Waals surface area contributed by atoms with Crippen molar-refractivity contribution < 1.29 is 9.53 Å². The van der Waals surface area contributed by atoms with E-state index in [-0.39, 0.29) is 12.6 Å². The molecule has 136 valence electrons. The lowest BCUT2D eigenvalue weighted by atomic mass is 10.1. The molecule has 0 spiro atoms. The first kappa shape index (κ1) is 18.2. The largest absolute Gasteiger partial charge is 0.468 e. The van der Waals surface area contributed by atoms with Crippen molar-refractivity contribution in [2.45, 2.75) is 25.7 Å². The van der Waals surface area contributed by atoms with E-state index >= 15 is 0 Å². The quantitative estimate of drug-likeness (QED) is 0.573. The first-order valence-corrected chi connectivity index (χ1v) is 8.96. The highest BCUT2D eigenvalue weighted by Gasteiger charge is 2.23. The van der Waals surface area contributed by atoms with Crippen LogP contribution in [0.15, 0.2) is 41.8 Å². The van der Waals surface area contributed by atoms with Crippen molar-refractivity contribution in [3.8, 4) is 0 Å². The highest BCUT2D eigenvalue weighted by Crippen LogP contribution is 2.25. The first-order valence-electron chi connectivity index (χ1n) is 8.08. The predicted octanol–water partition coefficient (Wildman–Crippen LogP) is 1.25. The molecule has 0 aliphatic rings. The number of hydrogen-bond donors (Lipinski definition) is 2. The lowest BCUT2D eigenvalue weighted by Crippen LogP contribution is -2.26. The van der Waals surface area contributed by atoms with E-state index in [1.807, 2.05) is 35.7 Å². The molecule has 0 saturated heterocycles. The van der Waals surface area contributed by atoms with Crippen LogP contribution in [0.3, 0.4) is 0 Å². The number of tetrazole rings is 1. The standard InChI is InChI=1S/C17H20N6O2S/c1-25-15(24)11-23-17(20-21-22-23)16(14-6-3-7-26-14)19-10-13-5-2-4-12(8-13)9-18/h2-8,16,19H,9-11,18H2,1H3. The number of esters is 1. The number of carbonyl (C=O) groups is 1. The van der Waals surface area contributed by atoms with Gasteiger partial charge in [0.05, 0.1) is 7.11 Å². The molecule has 0 saturated carbocycles. The van der Waals surface area contributed by atoms with E-state index in [0.29, 0.717) is 18.9 Å². The summed E-state index contributed by atoms with van der Waals surface area (Å²) in [6.07, 6.45) is 0. The first-order chi connectivity index (χ1) is 12.7. The lowest BCUT2D eigenvalue weighted by Gasteiger charge is -2.17. The van der Waals surface area contributed by atoms with E-state index in [1.165, 1.54) is 11.8 Å². The van der Waals surface area contributed by atoms with E-state index in [2.05, 4.69) is 26.9 Å². The van der Waals surface area contributed by atoms with Crippen molar-refractivity contribution in [1.29, 1.82) is 0 Å². The van der Waals surface area contributed by atoms with Crippen LogP contribution < -0.4 is 11.1 Å². The molecule has 1 unspecified atom stereocenters. The molecule has 8 nitrogen and oxygen atoms in total. The molecule has 0 aliphatic heterocycles. The van der Waals surface area contributed by atoms with Crippen molar-refractivity contribution in [2.24, 2.45) is 5.73 Å². The Labute approximate surface area is 155 Å². The Morgan fingerprint density at radius 3 is 2.92 bits per heavy atom. The predicted molar refractivity (Wildman–Crippen MR) is 97.2 cm³/mol. The van der Waals surface area contributed by atoms with Gasteiger partial charge >= 0.3 is 5.97 Å². The van der Waals surface area contributed by atoms with Crippen LogP contribution >= 0.6 is 11.3 Å². The number of rotatable bonds is 8. The molecule has 0 fully saturated rings. The maximum atomic E-state index is 11.6. The van der Waals surface area contributed by atoms with Gasteiger partial charge < -0.3 is 10.5 Å². The van der Waals surface area contributed by atoms with Crippen molar-refractivity contribution in [3.05, 3.63) is 63.6 Å². The Bertz CT molecular complexity index is 849. The van der Waals surface area contributed by atoms with Crippen LogP contribution in [0.4, 0.5) is 0 Å². The Morgan fingerprint density at radius 2 is 2.19 bits per heavy atom. The smallest absolute Gasteiger partial charge is 0.327 e. The summed E-state index contributed by atoms with van der Waals surface area (Å²) in [5.74, 6) is 0.159. The van der Waals surface area contributed by atoms with E-state index in [4.69, 9.17) is 10.5 Å². The van der Waals surface area contributed by atoms with Crippen LogP contribution in [0.2, 0.25) is 0 Å². The Morgan fingerprint density at radius 1 is 1.35 bits per heavy atom. The highest BCUT2D eigenvalue weighted by atomic mass is 32.1. The summed E-state index contributed by atoms with van der Waals surface area (Å²) < 4.78 is 6.18. The fourth-order valence-corrected chi connectivity index (χ4v) is 3.38. The Hall–Kier alpha value is -2.62. The number of hydrogen-bond acceptors (Lipinski definition) is 8. The third kappa shape index (κ3) is 4.31. The molecule has 0 amide bonds. The lowest BCUT2D eigenvalue weighted by molar-refractivity contribution is -0.141. The van der Waals surface area contributed by atoms with Gasteiger partial charge in [-0.25, -0.2) is 4.68 Å². The highest BCUT2D eigenvalue weighted by molar-refractivity contribution is 7.10. The SMILES string of the molecule is COC(=O)Cn1nnnc1C(NCc1cccc(CN)c1)c1cccs1. The van der Waals surface area contributed by atoms with Crippen molar-refractivity contribution >= 4 is 17.3 Å². The van der Waals surface area contributed by atoms with E-state index in [9.17, 15) is 4.79 Å². The number of ether oxygens (including phenoxy) is 1. The second kappa shape index (κ2) is 8.65. The number of nitrogens with zero attached hydrogens (tertiary/aromatic N) is 4. The summed E-state index contributed by atoms with van der Waals surface area (Å²) in [4.78, 5) is 12.7. The summed E-state index contributed by atoms with van der Waals surface area (Å²) in [6.45, 7) is 1.08. The topological polar surface area (TPSA) is 108 Å². The average Bonchev–Trinajstić information content (AvgIpc) is 3.35. The summed E-state index contributed by atoms with van der Waals surface area (Å²) in [7, 11) is 1.34. The summed E-state index contributed by atoms with van der Waals surface area (Å²) in [5.41, 5.74) is 7.90. The van der Waals surface area contributed by atoms with Crippen LogP contribution in [-0.2, 0) is 29.2 Å². The summed E-state index contributed by atoms with van der Waals surface area (Å²) >= 11 is 1.60. The van der Waals surface area contributed by atoms with Crippen molar-refractivity contribution in [2.75, 3.05) is 7.11 Å². The fraction of sp³-hybridized carbons (Fsp3) is 0.294. The molecule has 3 N–H and O–H groups in total. The molecule has 1 aromatic carbocycles. The number of aromatic nitrogens is 4. The number of carbonyl (C=O) groups excluding carboxylic acids is 1. The monoisotopic (exact) mass is 372 g/mol. The third-order valence-corrected chi connectivity index (χ3v) is 4.83. The van der Waals surface area contributed by atoms with Gasteiger partial charge in [-0.2, -0.15) is 0 Å². The molecule has 0 radical (unpaired) electrons. The second-order valence-electron chi connectivity index (χ2n) is 5.62. The minimum atomic E-state index is -0.404. The van der Waals surface area contributed by atoms with E-state index < -0.39 is 5.97 Å². The maximum absolute atomic E-state index is 11.6. The molecule has 1 atom stereocenters. The van der Waals surface area contributed by atoms with Crippen LogP contribution in [0.25, 0.3) is 0 Å². The molecule has 9 heteroatoms. The molecule has 2 heterocycles. The molecular formula is C17H20N6O2S. The van der Waals surface area contributed by atoms with Crippen molar-refractivity contribution in [3.63, 3.8) is 0 Å². The van der Waals surface area contributed by atoms with Crippen LogP contribution in [0.5, 0.6) is 0 Å². The Kier molecular flexibility index (Phi) is 6.05. The number of nitrogens with two attached hydrogens (primary N) is 1. The number of thiophene rings is 1. The van der Waals surface area contributed by atoms with Gasteiger partial charge in [0.1, 0.15) is 12.6 Å². The molecule has 0 aliphatic carbocycles. The Balaban J connectivity index is 1.83. The van der Waals surface area contributed by atoms with Gasteiger partial charge in [-0.05, 0) is 33.0 Å². The van der Waals surface area contributed by atoms with Crippen LogP contribution in [0, 0.1) is 0 Å². The third-order valence-electron chi connectivity index (χ3n) is 3.89.